The van der Waals surface area contributed by atoms with Crippen molar-refractivity contribution in [2.45, 2.75) is 51.5 Å². The molecule has 0 bridgehead atoms. The molecule has 1 aliphatic carbocycles. The predicted octanol–water partition coefficient (Wildman–Crippen LogP) is 0.650. The van der Waals surface area contributed by atoms with Crippen LogP contribution in [0.25, 0.3) is 0 Å². The van der Waals surface area contributed by atoms with Crippen LogP contribution in [0.5, 0.6) is 0 Å². The third-order valence-electron chi connectivity index (χ3n) is 4.92. The summed E-state index contributed by atoms with van der Waals surface area (Å²) in [4.78, 5) is 23.3. The average molecular weight is 346 g/mol. The molecule has 0 atom stereocenters. The Kier molecular flexibility index (Phi) is 5.67. The van der Waals surface area contributed by atoms with Crippen molar-refractivity contribution in [1.29, 1.82) is 0 Å². The minimum absolute atomic E-state index is 0.00887. The van der Waals surface area contributed by atoms with Gasteiger partial charge < -0.3 is 10.1 Å². The van der Waals surface area contributed by atoms with Crippen LogP contribution >= 0.6 is 0 Å². The minimum Gasteiger partial charge on any atom is -0.469 e. The number of carbonyl (C=O) groups is 2. The summed E-state index contributed by atoms with van der Waals surface area (Å²) in [5.74, 6) is -0.596. The van der Waals surface area contributed by atoms with Crippen LogP contribution < -0.4 is 5.32 Å². The van der Waals surface area contributed by atoms with Gasteiger partial charge in [0.25, 0.3) is 0 Å². The highest BCUT2D eigenvalue weighted by Gasteiger charge is 2.49. The lowest BCUT2D eigenvalue weighted by Gasteiger charge is -2.40. The monoisotopic (exact) mass is 346 g/mol. The third-order valence-corrected chi connectivity index (χ3v) is 6.99. The molecule has 1 N–H and O–H groups in total. The first kappa shape index (κ1) is 18.2. The van der Waals surface area contributed by atoms with E-state index in [0.717, 1.165) is 6.42 Å². The Bertz CT molecular complexity index is 548. The highest BCUT2D eigenvalue weighted by molar-refractivity contribution is 7.89. The molecule has 0 spiro atoms. The van der Waals surface area contributed by atoms with Gasteiger partial charge in [0, 0.05) is 25.6 Å². The van der Waals surface area contributed by atoms with Gasteiger partial charge in [-0.25, -0.2) is 12.7 Å². The summed E-state index contributed by atoms with van der Waals surface area (Å²) in [5, 5.41) is 2.90. The molecule has 2 rings (SSSR count). The second-order valence-corrected chi connectivity index (χ2v) is 8.44. The number of esters is 1. The fourth-order valence-electron chi connectivity index (χ4n) is 3.28. The number of ether oxygens (including phenoxy) is 1. The molecule has 0 radical (unpaired) electrons. The Morgan fingerprint density at radius 2 is 1.87 bits per heavy atom. The minimum atomic E-state index is -3.49. The predicted molar refractivity (Wildman–Crippen MR) is 85.1 cm³/mol. The molecule has 8 heteroatoms. The van der Waals surface area contributed by atoms with Crippen LogP contribution in [-0.4, -0.2) is 56.6 Å². The Morgan fingerprint density at radius 1 is 1.26 bits per heavy atom. The molecule has 23 heavy (non-hydrogen) atoms. The number of piperidine rings is 1. The van der Waals surface area contributed by atoms with E-state index in [1.807, 2.05) is 0 Å². The summed E-state index contributed by atoms with van der Waals surface area (Å²) in [6, 6.07) is 0.0344. The molecule has 7 nitrogen and oxygen atoms in total. The zero-order chi connectivity index (χ0) is 17.1. The highest BCUT2D eigenvalue weighted by Crippen LogP contribution is 2.43. The number of rotatable bonds is 6. The maximum absolute atomic E-state index is 12.6. The lowest BCUT2D eigenvalue weighted by Crippen LogP contribution is -2.51. The average Bonchev–Trinajstić information content (AvgIpc) is 2.50. The van der Waals surface area contributed by atoms with Crippen molar-refractivity contribution in [3.8, 4) is 0 Å². The van der Waals surface area contributed by atoms with Crippen molar-refractivity contribution in [2.75, 3.05) is 26.0 Å². The number of hydrogen-bond donors (Lipinski definition) is 1. The fraction of sp³-hybridized carbons (Fsp3) is 0.867. The van der Waals surface area contributed by atoms with Crippen molar-refractivity contribution in [1.82, 2.24) is 9.62 Å². The normalized spacial score (nSPS) is 22.2. The van der Waals surface area contributed by atoms with Crippen molar-refractivity contribution >= 4 is 21.9 Å². The maximum Gasteiger partial charge on any atom is 0.312 e. The molecule has 0 aromatic heterocycles. The Morgan fingerprint density at radius 3 is 2.30 bits per heavy atom. The first-order valence-electron chi connectivity index (χ1n) is 8.18. The Hall–Kier alpha value is -1.15. The SMILES string of the molecule is CCC(=O)NC1CCN(S(=O)(=O)CC2(C(=O)OC)CCC2)CC1. The molecule has 1 amide bonds. The van der Waals surface area contributed by atoms with Gasteiger partial charge in [0.05, 0.1) is 18.3 Å². The zero-order valence-corrected chi connectivity index (χ0v) is 14.7. The van der Waals surface area contributed by atoms with Gasteiger partial charge in [-0.05, 0) is 25.7 Å². The van der Waals surface area contributed by atoms with Gasteiger partial charge in [-0.1, -0.05) is 13.3 Å². The number of hydrogen-bond acceptors (Lipinski definition) is 5. The third kappa shape index (κ3) is 4.03. The summed E-state index contributed by atoms with van der Waals surface area (Å²) < 4.78 is 31.5. The Labute approximate surface area is 137 Å². The lowest BCUT2D eigenvalue weighted by atomic mass is 9.70. The molecule has 132 valence electrons. The zero-order valence-electron chi connectivity index (χ0n) is 13.8. The lowest BCUT2D eigenvalue weighted by molar-refractivity contribution is -0.156. The van der Waals surface area contributed by atoms with E-state index in [0.29, 0.717) is 45.2 Å². The van der Waals surface area contributed by atoms with Crippen LogP contribution in [-0.2, 0) is 24.3 Å². The van der Waals surface area contributed by atoms with E-state index in [1.54, 1.807) is 6.92 Å². The van der Waals surface area contributed by atoms with Crippen LogP contribution in [0.1, 0.15) is 45.4 Å². The van der Waals surface area contributed by atoms with E-state index in [2.05, 4.69) is 5.32 Å². The van der Waals surface area contributed by atoms with Gasteiger partial charge in [0.2, 0.25) is 15.9 Å². The van der Waals surface area contributed by atoms with Crippen molar-refractivity contribution in [3.05, 3.63) is 0 Å². The van der Waals surface area contributed by atoms with E-state index in [4.69, 9.17) is 4.74 Å². The number of carbonyl (C=O) groups excluding carboxylic acids is 2. The van der Waals surface area contributed by atoms with Crippen molar-refractivity contribution in [3.63, 3.8) is 0 Å². The van der Waals surface area contributed by atoms with Crippen LogP contribution in [0.15, 0.2) is 0 Å². The van der Waals surface area contributed by atoms with E-state index in [9.17, 15) is 18.0 Å². The fourth-order valence-corrected chi connectivity index (χ4v) is 5.33. The summed E-state index contributed by atoms with van der Waals surface area (Å²) in [5.41, 5.74) is -0.860. The summed E-state index contributed by atoms with van der Waals surface area (Å²) in [6.45, 7) is 2.56. The molecule has 2 fully saturated rings. The van der Waals surface area contributed by atoms with E-state index >= 15 is 0 Å². The topological polar surface area (TPSA) is 92.8 Å². The molecule has 1 saturated heterocycles. The van der Waals surface area contributed by atoms with Gasteiger partial charge in [-0.3, -0.25) is 9.59 Å². The standard InChI is InChI=1S/C15H26N2O5S/c1-3-13(18)16-12-5-9-17(10-6-12)23(20,21)11-15(7-4-8-15)14(19)22-2/h12H,3-11H2,1-2H3,(H,16,18). The first-order valence-corrected chi connectivity index (χ1v) is 9.79. The van der Waals surface area contributed by atoms with Crippen molar-refractivity contribution in [2.24, 2.45) is 5.41 Å². The van der Waals surface area contributed by atoms with Crippen LogP contribution in [0.2, 0.25) is 0 Å². The number of nitrogens with zero attached hydrogens (tertiary/aromatic N) is 1. The molecular formula is C15H26N2O5S. The number of sulfonamides is 1. The smallest absolute Gasteiger partial charge is 0.312 e. The molecule has 0 unspecified atom stereocenters. The molecular weight excluding hydrogens is 320 g/mol. The largest absolute Gasteiger partial charge is 0.469 e. The highest BCUT2D eigenvalue weighted by atomic mass is 32.2. The van der Waals surface area contributed by atoms with Gasteiger partial charge in [-0.2, -0.15) is 0 Å². The molecule has 1 aliphatic heterocycles. The summed E-state index contributed by atoms with van der Waals surface area (Å²) >= 11 is 0. The summed E-state index contributed by atoms with van der Waals surface area (Å²) in [6.07, 6.45) is 3.64. The summed E-state index contributed by atoms with van der Waals surface area (Å²) in [7, 11) is -2.19. The Balaban J connectivity index is 1.94. The van der Waals surface area contributed by atoms with E-state index < -0.39 is 21.4 Å². The second-order valence-electron chi connectivity index (χ2n) is 6.48. The van der Waals surface area contributed by atoms with Crippen LogP contribution in [0, 0.1) is 5.41 Å². The number of methoxy groups -OCH3 is 1. The van der Waals surface area contributed by atoms with Gasteiger partial charge in [0.1, 0.15) is 0 Å². The van der Waals surface area contributed by atoms with Crippen LogP contribution in [0.4, 0.5) is 0 Å². The van der Waals surface area contributed by atoms with Gasteiger partial charge in [-0.15, -0.1) is 0 Å². The molecule has 0 aromatic carbocycles. The quantitative estimate of drug-likeness (QED) is 0.713. The van der Waals surface area contributed by atoms with Gasteiger partial charge >= 0.3 is 5.97 Å². The first-order chi connectivity index (χ1) is 10.8. The number of amides is 1. The second kappa shape index (κ2) is 7.17. The van der Waals surface area contributed by atoms with Crippen LogP contribution in [0.3, 0.4) is 0 Å². The molecule has 1 heterocycles. The molecule has 2 aliphatic rings. The van der Waals surface area contributed by atoms with E-state index in [-0.39, 0.29) is 17.7 Å². The van der Waals surface area contributed by atoms with Crippen molar-refractivity contribution < 1.29 is 22.7 Å². The van der Waals surface area contributed by atoms with E-state index in [1.165, 1.54) is 11.4 Å². The molecule has 1 saturated carbocycles. The number of nitrogens with one attached hydrogen (secondary N) is 1. The molecule has 0 aromatic rings. The van der Waals surface area contributed by atoms with Gasteiger partial charge in [0.15, 0.2) is 0 Å². The maximum atomic E-state index is 12.6.